The number of rotatable bonds is 5. The maximum atomic E-state index is 8.98. The fraction of sp³-hybridized carbons (Fsp3) is 1.00. The van der Waals surface area contributed by atoms with Crippen molar-refractivity contribution in [1.82, 2.24) is 4.90 Å². The summed E-state index contributed by atoms with van der Waals surface area (Å²) in [4.78, 5) is 2.51. The van der Waals surface area contributed by atoms with E-state index in [2.05, 4.69) is 11.9 Å². The van der Waals surface area contributed by atoms with E-state index in [0.717, 1.165) is 24.3 Å². The van der Waals surface area contributed by atoms with Crippen LogP contribution < -0.4 is 0 Å². The summed E-state index contributed by atoms with van der Waals surface area (Å²) in [5.74, 6) is 1.84. The lowest BCUT2D eigenvalue weighted by molar-refractivity contribution is 0.0381. The summed E-state index contributed by atoms with van der Waals surface area (Å²) in [5, 5.41) is 8.98. The molecule has 2 heteroatoms. The maximum Gasteiger partial charge on any atom is 0.0431 e. The van der Waals surface area contributed by atoms with E-state index in [4.69, 9.17) is 5.11 Å². The average Bonchev–Trinajstić information content (AvgIpc) is 2.74. The third kappa shape index (κ3) is 2.54. The predicted molar refractivity (Wildman–Crippen MR) is 62.8 cm³/mol. The third-order valence-electron chi connectivity index (χ3n) is 4.54. The highest BCUT2D eigenvalue weighted by molar-refractivity contribution is 4.90. The molecule has 1 aliphatic carbocycles. The number of aliphatic hydroxyl groups excluding tert-OH is 1. The van der Waals surface area contributed by atoms with Gasteiger partial charge in [0.15, 0.2) is 0 Å². The molecule has 1 heterocycles. The van der Waals surface area contributed by atoms with Gasteiger partial charge >= 0.3 is 0 Å². The average molecular weight is 211 g/mol. The summed E-state index contributed by atoms with van der Waals surface area (Å²) < 4.78 is 0. The van der Waals surface area contributed by atoms with E-state index in [-0.39, 0.29) is 0 Å². The molecule has 2 rings (SSSR count). The highest BCUT2D eigenvalue weighted by Gasteiger charge is 2.37. The molecule has 1 saturated carbocycles. The quantitative estimate of drug-likeness (QED) is 0.754. The van der Waals surface area contributed by atoms with Crippen LogP contribution in [0, 0.1) is 11.8 Å². The Morgan fingerprint density at radius 1 is 1.27 bits per heavy atom. The normalized spacial score (nSPS) is 30.4. The number of hydrogen-bond donors (Lipinski definition) is 1. The highest BCUT2D eigenvalue weighted by atomic mass is 16.2. The molecule has 0 spiro atoms. The molecule has 2 nitrogen and oxygen atoms in total. The molecule has 15 heavy (non-hydrogen) atoms. The first kappa shape index (κ1) is 11.4. The van der Waals surface area contributed by atoms with E-state index in [0.29, 0.717) is 6.61 Å². The van der Waals surface area contributed by atoms with Gasteiger partial charge in [-0.3, -0.25) is 0 Å². The molecule has 0 aromatic heterocycles. The Labute approximate surface area is 93.7 Å². The lowest BCUT2D eigenvalue weighted by Crippen LogP contribution is -2.51. The van der Waals surface area contributed by atoms with E-state index in [1.807, 2.05) is 0 Å². The predicted octanol–water partition coefficient (Wildman–Crippen LogP) is 2.27. The smallest absolute Gasteiger partial charge is 0.0431 e. The first-order chi connectivity index (χ1) is 7.33. The standard InChI is InChI=1S/C13H25NO/c1-14-9-8-13(14)12(7-4-10-15)11-5-2-3-6-11/h11-13,15H,2-10H2,1H3. The van der Waals surface area contributed by atoms with Gasteiger partial charge in [-0.05, 0) is 44.7 Å². The van der Waals surface area contributed by atoms with Crippen LogP contribution in [0.1, 0.15) is 44.9 Å². The molecule has 1 N–H and O–H groups in total. The molecule has 0 bridgehead atoms. The van der Waals surface area contributed by atoms with Crippen LogP contribution in [0.4, 0.5) is 0 Å². The van der Waals surface area contributed by atoms with Gasteiger partial charge in [-0.15, -0.1) is 0 Å². The van der Waals surface area contributed by atoms with Gasteiger partial charge in [-0.2, -0.15) is 0 Å². The zero-order chi connectivity index (χ0) is 10.7. The molecule has 2 unspecified atom stereocenters. The largest absolute Gasteiger partial charge is 0.396 e. The van der Waals surface area contributed by atoms with Crippen molar-refractivity contribution in [1.29, 1.82) is 0 Å². The van der Waals surface area contributed by atoms with Crippen LogP contribution in [0.5, 0.6) is 0 Å². The van der Waals surface area contributed by atoms with Crippen LogP contribution in [0.25, 0.3) is 0 Å². The number of hydrogen-bond acceptors (Lipinski definition) is 2. The second kappa shape index (κ2) is 5.31. The molecular formula is C13H25NO. The van der Waals surface area contributed by atoms with Gasteiger partial charge in [-0.1, -0.05) is 25.7 Å². The molecule has 0 amide bonds. The van der Waals surface area contributed by atoms with E-state index in [9.17, 15) is 0 Å². The van der Waals surface area contributed by atoms with Gasteiger partial charge in [0, 0.05) is 12.6 Å². The van der Waals surface area contributed by atoms with Crippen molar-refractivity contribution >= 4 is 0 Å². The lowest BCUT2D eigenvalue weighted by atomic mass is 9.77. The molecule has 88 valence electrons. The van der Waals surface area contributed by atoms with E-state index in [1.54, 1.807) is 0 Å². The summed E-state index contributed by atoms with van der Waals surface area (Å²) in [7, 11) is 2.26. The molecule has 0 aromatic rings. The second-order valence-corrected chi connectivity index (χ2v) is 5.41. The fourth-order valence-electron chi connectivity index (χ4n) is 3.53. The van der Waals surface area contributed by atoms with Gasteiger partial charge < -0.3 is 10.0 Å². The molecule has 1 aliphatic heterocycles. The molecule has 0 aromatic carbocycles. The topological polar surface area (TPSA) is 23.5 Å². The van der Waals surface area contributed by atoms with Gasteiger partial charge in [-0.25, -0.2) is 0 Å². The monoisotopic (exact) mass is 211 g/mol. The van der Waals surface area contributed by atoms with Gasteiger partial charge in [0.05, 0.1) is 0 Å². The minimum atomic E-state index is 0.375. The first-order valence-corrected chi connectivity index (χ1v) is 6.64. The highest BCUT2D eigenvalue weighted by Crippen LogP contribution is 2.40. The van der Waals surface area contributed by atoms with E-state index >= 15 is 0 Å². The minimum Gasteiger partial charge on any atom is -0.396 e. The summed E-state index contributed by atoms with van der Waals surface area (Å²) in [6.45, 7) is 1.66. The van der Waals surface area contributed by atoms with Gasteiger partial charge in [0.1, 0.15) is 0 Å². The molecule has 0 radical (unpaired) electrons. The molecular weight excluding hydrogens is 186 g/mol. The number of nitrogens with zero attached hydrogens (tertiary/aromatic N) is 1. The van der Waals surface area contributed by atoms with Crippen LogP contribution >= 0.6 is 0 Å². The van der Waals surface area contributed by atoms with Crippen LogP contribution in [-0.4, -0.2) is 36.2 Å². The van der Waals surface area contributed by atoms with Crippen LogP contribution in [0.3, 0.4) is 0 Å². The van der Waals surface area contributed by atoms with Crippen LogP contribution in [0.15, 0.2) is 0 Å². The van der Waals surface area contributed by atoms with Crippen molar-refractivity contribution < 1.29 is 5.11 Å². The Balaban J connectivity index is 1.89. The molecule has 2 atom stereocenters. The van der Waals surface area contributed by atoms with Crippen molar-refractivity contribution in [3.8, 4) is 0 Å². The first-order valence-electron chi connectivity index (χ1n) is 6.64. The van der Waals surface area contributed by atoms with Gasteiger partial charge in [0.25, 0.3) is 0 Å². The lowest BCUT2D eigenvalue weighted by Gasteiger charge is -2.45. The minimum absolute atomic E-state index is 0.375. The zero-order valence-electron chi connectivity index (χ0n) is 9.99. The summed E-state index contributed by atoms with van der Waals surface area (Å²) >= 11 is 0. The van der Waals surface area contributed by atoms with Crippen LogP contribution in [-0.2, 0) is 0 Å². The van der Waals surface area contributed by atoms with Crippen LogP contribution in [0.2, 0.25) is 0 Å². The van der Waals surface area contributed by atoms with E-state index < -0.39 is 0 Å². The number of aliphatic hydroxyl groups is 1. The Hall–Kier alpha value is -0.0800. The summed E-state index contributed by atoms with van der Waals surface area (Å²) in [6, 6.07) is 0.833. The Kier molecular flexibility index (Phi) is 4.04. The molecule has 2 aliphatic rings. The SMILES string of the molecule is CN1CCC1C(CCCO)C1CCCC1. The summed E-state index contributed by atoms with van der Waals surface area (Å²) in [5.41, 5.74) is 0. The Morgan fingerprint density at radius 2 is 2.00 bits per heavy atom. The zero-order valence-corrected chi connectivity index (χ0v) is 9.99. The second-order valence-electron chi connectivity index (χ2n) is 5.41. The third-order valence-corrected chi connectivity index (χ3v) is 4.54. The summed E-state index contributed by atoms with van der Waals surface area (Å²) in [6.07, 6.45) is 9.42. The van der Waals surface area contributed by atoms with Crippen molar-refractivity contribution in [3.05, 3.63) is 0 Å². The molecule has 2 fully saturated rings. The van der Waals surface area contributed by atoms with Gasteiger partial charge in [0.2, 0.25) is 0 Å². The number of likely N-dealkylation sites (tertiary alicyclic amines) is 1. The Bertz CT molecular complexity index is 187. The fourth-order valence-corrected chi connectivity index (χ4v) is 3.53. The maximum absolute atomic E-state index is 8.98. The van der Waals surface area contributed by atoms with E-state index in [1.165, 1.54) is 45.1 Å². The van der Waals surface area contributed by atoms with Crippen molar-refractivity contribution in [2.75, 3.05) is 20.2 Å². The molecule has 1 saturated heterocycles. The Morgan fingerprint density at radius 3 is 2.47 bits per heavy atom. The van der Waals surface area contributed by atoms with Crippen molar-refractivity contribution in [3.63, 3.8) is 0 Å². The van der Waals surface area contributed by atoms with Crippen molar-refractivity contribution in [2.24, 2.45) is 11.8 Å². The van der Waals surface area contributed by atoms with Crippen molar-refractivity contribution in [2.45, 2.75) is 51.0 Å².